The van der Waals surface area contributed by atoms with Crippen molar-refractivity contribution in [1.82, 2.24) is 14.6 Å². The molecule has 0 unspecified atom stereocenters. The summed E-state index contributed by atoms with van der Waals surface area (Å²) in [6, 6.07) is 1.80. The lowest BCUT2D eigenvalue weighted by Gasteiger charge is -2.32. The van der Waals surface area contributed by atoms with E-state index in [1.165, 1.54) is 0 Å². The highest BCUT2D eigenvalue weighted by molar-refractivity contribution is 5.84. The predicted octanol–water partition coefficient (Wildman–Crippen LogP) is 1.03. The first-order valence-corrected chi connectivity index (χ1v) is 5.20. The van der Waals surface area contributed by atoms with E-state index in [4.69, 9.17) is 0 Å². The molecule has 0 amide bonds. The summed E-state index contributed by atoms with van der Waals surface area (Å²) in [5, 5.41) is 13.3. The summed E-state index contributed by atoms with van der Waals surface area (Å²) in [6.07, 6.45) is 4.98. The second kappa shape index (κ2) is 3.73. The van der Waals surface area contributed by atoms with Gasteiger partial charge in [-0.3, -0.25) is 0 Å². The number of aliphatic carboxylic acids is 1. The molecule has 0 saturated carbocycles. The normalized spacial score (nSPS) is 11.7. The van der Waals surface area contributed by atoms with Crippen LogP contribution < -0.4 is 4.90 Å². The number of carboxylic acid groups (broad SMARTS) is 1. The average molecular weight is 234 g/mol. The SMILES string of the molecule is CN(c1nccn2nccc12)C(C)(C)C(=O)O. The Morgan fingerprint density at radius 1 is 1.47 bits per heavy atom. The summed E-state index contributed by atoms with van der Waals surface area (Å²) in [5.74, 6) is -0.305. The molecule has 0 radical (unpaired) electrons. The summed E-state index contributed by atoms with van der Waals surface area (Å²) in [6.45, 7) is 3.27. The maximum Gasteiger partial charge on any atom is 0.328 e. The molecular formula is C11H14N4O2. The van der Waals surface area contributed by atoms with Gasteiger partial charge in [0.15, 0.2) is 5.82 Å². The molecule has 90 valence electrons. The highest BCUT2D eigenvalue weighted by Gasteiger charge is 2.33. The molecule has 2 rings (SSSR count). The molecule has 6 heteroatoms. The quantitative estimate of drug-likeness (QED) is 0.858. The Balaban J connectivity index is 2.53. The van der Waals surface area contributed by atoms with Gasteiger partial charge in [-0.25, -0.2) is 14.3 Å². The lowest BCUT2D eigenvalue weighted by atomic mass is 10.0. The Morgan fingerprint density at radius 3 is 2.82 bits per heavy atom. The van der Waals surface area contributed by atoms with Gasteiger partial charge < -0.3 is 10.0 Å². The van der Waals surface area contributed by atoms with Crippen LogP contribution in [0.15, 0.2) is 24.7 Å². The number of hydrogen-bond acceptors (Lipinski definition) is 4. The van der Waals surface area contributed by atoms with Crippen molar-refractivity contribution in [3.05, 3.63) is 24.7 Å². The van der Waals surface area contributed by atoms with E-state index in [1.54, 1.807) is 55.0 Å². The van der Waals surface area contributed by atoms with Crippen molar-refractivity contribution in [1.29, 1.82) is 0 Å². The Labute approximate surface area is 98.5 Å². The van der Waals surface area contributed by atoms with E-state index < -0.39 is 11.5 Å². The first kappa shape index (κ1) is 11.4. The van der Waals surface area contributed by atoms with Crippen LogP contribution in [0.3, 0.4) is 0 Å². The molecule has 0 aliphatic rings. The van der Waals surface area contributed by atoms with Crippen molar-refractivity contribution in [2.45, 2.75) is 19.4 Å². The first-order valence-electron chi connectivity index (χ1n) is 5.20. The van der Waals surface area contributed by atoms with Gasteiger partial charge in [-0.2, -0.15) is 5.10 Å². The number of hydrogen-bond donors (Lipinski definition) is 1. The predicted molar refractivity (Wildman–Crippen MR) is 63.1 cm³/mol. The monoisotopic (exact) mass is 234 g/mol. The molecule has 0 atom stereocenters. The topological polar surface area (TPSA) is 70.7 Å². The Hall–Kier alpha value is -2.11. The van der Waals surface area contributed by atoms with Gasteiger partial charge in [0.2, 0.25) is 0 Å². The third-order valence-corrected chi connectivity index (χ3v) is 2.98. The fourth-order valence-electron chi connectivity index (χ4n) is 1.51. The van der Waals surface area contributed by atoms with E-state index in [1.807, 2.05) is 0 Å². The summed E-state index contributed by atoms with van der Waals surface area (Å²) in [4.78, 5) is 17.1. The van der Waals surface area contributed by atoms with Gasteiger partial charge in [0.1, 0.15) is 11.1 Å². The molecular weight excluding hydrogens is 220 g/mol. The van der Waals surface area contributed by atoms with E-state index in [9.17, 15) is 9.90 Å². The average Bonchev–Trinajstić information content (AvgIpc) is 2.75. The van der Waals surface area contributed by atoms with Crippen LogP contribution in [0.5, 0.6) is 0 Å². The maximum atomic E-state index is 11.2. The molecule has 0 fully saturated rings. The van der Waals surface area contributed by atoms with Gasteiger partial charge in [0, 0.05) is 19.4 Å². The molecule has 0 bridgehead atoms. The number of likely N-dealkylation sites (N-methyl/N-ethyl adjacent to an activating group) is 1. The van der Waals surface area contributed by atoms with Crippen molar-refractivity contribution in [3.8, 4) is 0 Å². The lowest BCUT2D eigenvalue weighted by molar-refractivity contribution is -0.142. The minimum atomic E-state index is -1.03. The van der Waals surface area contributed by atoms with Crippen LogP contribution in [0, 0.1) is 0 Å². The van der Waals surface area contributed by atoms with Gasteiger partial charge in [-0.15, -0.1) is 0 Å². The van der Waals surface area contributed by atoms with Crippen LogP contribution >= 0.6 is 0 Å². The highest BCUT2D eigenvalue weighted by Crippen LogP contribution is 2.24. The Bertz CT molecular complexity index is 561. The van der Waals surface area contributed by atoms with E-state index in [0.717, 1.165) is 5.52 Å². The van der Waals surface area contributed by atoms with E-state index in [0.29, 0.717) is 5.82 Å². The van der Waals surface area contributed by atoms with Crippen LogP contribution in [-0.2, 0) is 4.79 Å². The molecule has 0 spiro atoms. The van der Waals surface area contributed by atoms with Crippen LogP contribution in [0.1, 0.15) is 13.8 Å². The molecule has 2 aromatic heterocycles. The number of nitrogens with zero attached hydrogens (tertiary/aromatic N) is 4. The smallest absolute Gasteiger partial charge is 0.328 e. The summed E-state index contributed by atoms with van der Waals surface area (Å²) >= 11 is 0. The van der Waals surface area contributed by atoms with Crippen LogP contribution in [0.2, 0.25) is 0 Å². The van der Waals surface area contributed by atoms with Crippen molar-refractivity contribution < 1.29 is 9.90 Å². The van der Waals surface area contributed by atoms with Crippen LogP contribution in [0.4, 0.5) is 5.82 Å². The molecule has 1 N–H and O–H groups in total. The number of carboxylic acids is 1. The number of fused-ring (bicyclic) bond motifs is 1. The minimum absolute atomic E-state index is 0.595. The van der Waals surface area contributed by atoms with Crippen molar-refractivity contribution in [3.63, 3.8) is 0 Å². The molecule has 0 saturated heterocycles. The molecule has 0 aliphatic carbocycles. The highest BCUT2D eigenvalue weighted by atomic mass is 16.4. The van der Waals surface area contributed by atoms with Gasteiger partial charge in [0.25, 0.3) is 0 Å². The molecule has 0 aromatic carbocycles. The fraction of sp³-hybridized carbons (Fsp3) is 0.364. The first-order chi connectivity index (χ1) is 7.94. The standard InChI is InChI=1S/C11H14N4O2/c1-11(2,10(16)17)14(3)9-8-4-5-13-15(8)7-6-12-9/h4-7H,1-3H3,(H,16,17). The van der Waals surface area contributed by atoms with E-state index in [-0.39, 0.29) is 0 Å². The lowest BCUT2D eigenvalue weighted by Crippen LogP contribution is -2.48. The van der Waals surface area contributed by atoms with Crippen LogP contribution in [0.25, 0.3) is 5.52 Å². The van der Waals surface area contributed by atoms with Gasteiger partial charge in [-0.1, -0.05) is 0 Å². The van der Waals surface area contributed by atoms with Crippen molar-refractivity contribution in [2.75, 3.05) is 11.9 Å². The Kier molecular flexibility index (Phi) is 2.49. The third kappa shape index (κ3) is 1.71. The van der Waals surface area contributed by atoms with E-state index in [2.05, 4.69) is 10.1 Å². The van der Waals surface area contributed by atoms with Crippen molar-refractivity contribution in [2.24, 2.45) is 0 Å². The number of carbonyl (C=O) groups is 1. The number of aromatic nitrogens is 3. The van der Waals surface area contributed by atoms with Gasteiger partial charge in [-0.05, 0) is 19.9 Å². The second-order valence-electron chi connectivity index (χ2n) is 4.34. The molecule has 17 heavy (non-hydrogen) atoms. The minimum Gasteiger partial charge on any atom is -0.480 e. The van der Waals surface area contributed by atoms with E-state index >= 15 is 0 Å². The molecule has 0 aliphatic heterocycles. The molecule has 2 aromatic rings. The van der Waals surface area contributed by atoms with Crippen molar-refractivity contribution >= 4 is 17.3 Å². The number of rotatable bonds is 3. The molecule has 2 heterocycles. The fourth-order valence-corrected chi connectivity index (χ4v) is 1.51. The zero-order chi connectivity index (χ0) is 12.6. The van der Waals surface area contributed by atoms with Gasteiger partial charge in [0.05, 0.1) is 6.20 Å². The third-order valence-electron chi connectivity index (χ3n) is 2.98. The summed E-state index contributed by atoms with van der Waals surface area (Å²) in [5.41, 5.74) is -0.247. The molecule has 6 nitrogen and oxygen atoms in total. The second-order valence-corrected chi connectivity index (χ2v) is 4.34. The van der Waals surface area contributed by atoms with Crippen LogP contribution in [-0.4, -0.2) is 38.3 Å². The Morgan fingerprint density at radius 2 is 2.18 bits per heavy atom. The largest absolute Gasteiger partial charge is 0.480 e. The zero-order valence-corrected chi connectivity index (χ0v) is 9.95. The maximum absolute atomic E-state index is 11.2. The zero-order valence-electron chi connectivity index (χ0n) is 9.95. The van der Waals surface area contributed by atoms with Gasteiger partial charge >= 0.3 is 5.97 Å². The summed E-state index contributed by atoms with van der Waals surface area (Å²) < 4.78 is 1.66. The number of anilines is 1. The summed E-state index contributed by atoms with van der Waals surface area (Å²) in [7, 11) is 1.71.